The summed E-state index contributed by atoms with van der Waals surface area (Å²) in [5.41, 5.74) is 0. The Hall–Kier alpha value is -1.93. The van der Waals surface area contributed by atoms with Crippen molar-refractivity contribution in [3.8, 4) is 5.75 Å². The number of hydrogen-bond acceptors (Lipinski definition) is 3. The van der Waals surface area contributed by atoms with Crippen LogP contribution in [0, 0.1) is 0 Å². The highest BCUT2D eigenvalue weighted by Gasteiger charge is 2.13. The summed E-state index contributed by atoms with van der Waals surface area (Å²) in [5.74, 6) is 1.99. The molecule has 0 saturated carbocycles. The molecular weight excluding hydrogens is 158 g/mol. The topological polar surface area (TPSA) is 55.7 Å². The molecule has 1 aliphatic rings. The van der Waals surface area contributed by atoms with Gasteiger partial charge >= 0.3 is 6.09 Å². The Balaban J connectivity index is 2.96. The first-order valence-corrected chi connectivity index (χ1v) is 3.26. The first kappa shape index (κ1) is 6.76. The van der Waals surface area contributed by atoms with Crippen molar-refractivity contribution in [3.05, 3.63) is 28.8 Å². The third-order valence-electron chi connectivity index (χ3n) is 1.51. The van der Waals surface area contributed by atoms with Gasteiger partial charge in [0.1, 0.15) is 11.3 Å². The lowest BCUT2D eigenvalue weighted by molar-refractivity contribution is 0.215. The molecule has 0 radical (unpaired) electrons. The lowest BCUT2D eigenvalue weighted by Crippen LogP contribution is -2.24. The van der Waals surface area contributed by atoms with E-state index in [2.05, 4.69) is 9.73 Å². The fraction of sp³-hybridized carbons (Fsp3) is 0. The molecule has 1 heterocycles. The van der Waals surface area contributed by atoms with Crippen LogP contribution in [0.1, 0.15) is 0 Å². The minimum absolute atomic E-state index is 0.248. The van der Waals surface area contributed by atoms with Crippen LogP contribution in [0.15, 0.2) is 23.2 Å². The van der Waals surface area contributed by atoms with E-state index < -0.39 is 6.09 Å². The lowest BCUT2D eigenvalue weighted by Gasteiger charge is -1.89. The Bertz CT molecular complexity index is 486. The molecule has 12 heavy (non-hydrogen) atoms. The van der Waals surface area contributed by atoms with Crippen LogP contribution in [0.5, 0.6) is 5.75 Å². The third kappa shape index (κ3) is 0.828. The second-order valence-corrected chi connectivity index (χ2v) is 2.23. The molecule has 0 saturated heterocycles. The summed E-state index contributed by atoms with van der Waals surface area (Å²) >= 11 is 0. The van der Waals surface area contributed by atoms with Gasteiger partial charge in [-0.1, -0.05) is 6.07 Å². The van der Waals surface area contributed by atoms with Gasteiger partial charge in [0.05, 0.1) is 5.22 Å². The zero-order valence-electron chi connectivity index (χ0n) is 5.90. The van der Waals surface area contributed by atoms with E-state index in [0.29, 0.717) is 5.75 Å². The molecule has 0 bridgehead atoms. The average molecular weight is 161 g/mol. The van der Waals surface area contributed by atoms with Crippen molar-refractivity contribution in [2.75, 3.05) is 0 Å². The highest BCUT2D eigenvalue weighted by atomic mass is 16.6. The summed E-state index contributed by atoms with van der Waals surface area (Å²) < 4.78 is 4.66. The van der Waals surface area contributed by atoms with Gasteiger partial charge in [-0.05, 0) is 12.1 Å². The van der Waals surface area contributed by atoms with E-state index in [1.807, 2.05) is 0 Å². The fourth-order valence-electron chi connectivity index (χ4n) is 1.01. The Kier molecular flexibility index (Phi) is 1.29. The van der Waals surface area contributed by atoms with E-state index in [1.165, 1.54) is 6.07 Å². The normalized spacial score (nSPS) is 12.8. The van der Waals surface area contributed by atoms with E-state index in [4.69, 9.17) is 0 Å². The van der Waals surface area contributed by atoms with Gasteiger partial charge in [-0.25, -0.2) is 9.59 Å². The van der Waals surface area contributed by atoms with Gasteiger partial charge in [0, 0.05) is 0 Å². The number of hydrogen-bond donors (Lipinski definition) is 0. The van der Waals surface area contributed by atoms with Crippen LogP contribution in [0.4, 0.5) is 4.79 Å². The van der Waals surface area contributed by atoms with Crippen LogP contribution in [0.25, 0.3) is 0 Å². The van der Waals surface area contributed by atoms with Gasteiger partial charge in [0.15, 0.2) is 5.75 Å². The standard InChI is InChI=1S/C8H3NO3/c10-4-5-2-1-3-6-7(5)9-8(11)12-6/h1-3H. The van der Waals surface area contributed by atoms with Gasteiger partial charge in [-0.3, -0.25) is 0 Å². The summed E-state index contributed by atoms with van der Waals surface area (Å²) in [7, 11) is 0. The van der Waals surface area contributed by atoms with Crippen LogP contribution in [0.3, 0.4) is 0 Å². The summed E-state index contributed by atoms with van der Waals surface area (Å²) in [4.78, 5) is 24.5. The third-order valence-corrected chi connectivity index (χ3v) is 1.51. The molecule has 0 aromatic heterocycles. The highest BCUT2D eigenvalue weighted by Crippen LogP contribution is 2.05. The number of benzene rings is 1. The van der Waals surface area contributed by atoms with E-state index >= 15 is 0 Å². The van der Waals surface area contributed by atoms with E-state index in [9.17, 15) is 9.59 Å². The second kappa shape index (κ2) is 2.29. The number of para-hydroxylation sites is 1. The number of carbonyl (C=O) groups excluding carboxylic acids is 2. The van der Waals surface area contributed by atoms with Crippen molar-refractivity contribution in [1.29, 1.82) is 0 Å². The van der Waals surface area contributed by atoms with Gasteiger partial charge < -0.3 is 4.74 Å². The molecular formula is C8H3NO3. The summed E-state index contributed by atoms with van der Waals surface area (Å²) in [5, 5.41) is 0.524. The Morgan fingerprint density at radius 2 is 2.25 bits per heavy atom. The van der Waals surface area contributed by atoms with E-state index in [0.717, 1.165) is 0 Å². The average Bonchev–Trinajstić information content (AvgIpc) is 2.44. The number of fused-ring (bicyclic) bond motifs is 1. The zero-order chi connectivity index (χ0) is 8.55. The van der Waals surface area contributed by atoms with Crippen molar-refractivity contribution < 1.29 is 14.3 Å². The number of rotatable bonds is 0. The van der Waals surface area contributed by atoms with Crippen molar-refractivity contribution >= 4 is 12.0 Å². The minimum atomic E-state index is -0.687. The van der Waals surface area contributed by atoms with E-state index in [1.54, 1.807) is 18.1 Å². The summed E-state index contributed by atoms with van der Waals surface area (Å²) in [6, 6.07) is 4.70. The van der Waals surface area contributed by atoms with Crippen molar-refractivity contribution in [1.82, 2.24) is 0 Å². The van der Waals surface area contributed by atoms with Crippen LogP contribution in [-0.2, 0) is 4.79 Å². The number of nitrogens with zero attached hydrogens (tertiary/aromatic N) is 1. The van der Waals surface area contributed by atoms with Gasteiger partial charge in [0.2, 0.25) is 0 Å². The van der Waals surface area contributed by atoms with E-state index in [-0.39, 0.29) is 10.6 Å². The molecule has 2 rings (SSSR count). The first-order valence-electron chi connectivity index (χ1n) is 3.26. The van der Waals surface area contributed by atoms with Crippen LogP contribution >= 0.6 is 0 Å². The highest BCUT2D eigenvalue weighted by molar-refractivity contribution is 5.74. The van der Waals surface area contributed by atoms with Crippen molar-refractivity contribution in [2.24, 2.45) is 4.99 Å². The fourth-order valence-corrected chi connectivity index (χ4v) is 1.01. The predicted molar refractivity (Wildman–Crippen MR) is 38.0 cm³/mol. The smallest absolute Gasteiger partial charge is 0.406 e. The number of ether oxygens (including phenoxy) is 1. The second-order valence-electron chi connectivity index (χ2n) is 2.23. The molecule has 0 N–H and O–H groups in total. The molecule has 0 spiro atoms. The van der Waals surface area contributed by atoms with Crippen LogP contribution < -0.4 is 15.3 Å². The number of amides is 1. The van der Waals surface area contributed by atoms with Gasteiger partial charge in [-0.2, -0.15) is 4.99 Å². The maximum Gasteiger partial charge on any atom is 0.439 e. The maximum absolute atomic E-state index is 10.6. The zero-order valence-corrected chi connectivity index (χ0v) is 5.90. The molecule has 58 valence electrons. The van der Waals surface area contributed by atoms with Crippen molar-refractivity contribution in [2.45, 2.75) is 0 Å². The molecule has 0 unspecified atom stereocenters. The number of carbonyl (C=O) groups is 1. The molecule has 1 amide bonds. The lowest BCUT2D eigenvalue weighted by atomic mass is 10.3. The Labute approximate surface area is 66.8 Å². The molecule has 0 fully saturated rings. The van der Waals surface area contributed by atoms with Crippen LogP contribution in [-0.4, -0.2) is 12.0 Å². The Morgan fingerprint density at radius 3 is 3.00 bits per heavy atom. The molecule has 0 atom stereocenters. The van der Waals surface area contributed by atoms with Crippen molar-refractivity contribution in [3.63, 3.8) is 0 Å². The molecule has 1 aromatic rings. The maximum atomic E-state index is 10.6. The summed E-state index contributed by atoms with van der Waals surface area (Å²) in [6.45, 7) is 0. The molecule has 1 aliphatic heterocycles. The SMILES string of the molecule is O=C=c1cccc2c1=NC(=O)O2. The Morgan fingerprint density at radius 1 is 1.42 bits per heavy atom. The molecule has 4 nitrogen and oxygen atoms in total. The molecule has 0 aliphatic carbocycles. The molecule has 1 aromatic carbocycles. The first-order chi connectivity index (χ1) is 5.81. The quantitative estimate of drug-likeness (QED) is 0.506. The van der Waals surface area contributed by atoms with Gasteiger partial charge in [-0.15, -0.1) is 0 Å². The monoisotopic (exact) mass is 161 g/mol. The summed E-state index contributed by atoms with van der Waals surface area (Å²) in [6.07, 6.45) is -0.687. The van der Waals surface area contributed by atoms with Crippen LogP contribution in [0.2, 0.25) is 0 Å². The predicted octanol–water partition coefficient (Wildman–Crippen LogP) is -0.678. The minimum Gasteiger partial charge on any atom is -0.406 e. The molecule has 4 heteroatoms. The van der Waals surface area contributed by atoms with Gasteiger partial charge in [0.25, 0.3) is 0 Å². The largest absolute Gasteiger partial charge is 0.439 e.